The average molecular weight is 588 g/mol. The predicted molar refractivity (Wildman–Crippen MR) is 142 cm³/mol. The van der Waals surface area contributed by atoms with Crippen molar-refractivity contribution in [2.24, 2.45) is 4.99 Å². The molecule has 36 heavy (non-hydrogen) atoms. The molecule has 0 bridgehead atoms. The van der Waals surface area contributed by atoms with E-state index >= 15 is 0 Å². The number of nitro benzene ring substituents is 1. The molecule has 1 fully saturated rings. The summed E-state index contributed by atoms with van der Waals surface area (Å²) in [6, 6.07) is 15.4. The number of non-ortho nitro benzene ring substituents is 1. The third-order valence-corrected chi connectivity index (χ3v) is 7.80. The van der Waals surface area contributed by atoms with Crippen molar-refractivity contribution in [3.05, 3.63) is 96.8 Å². The Morgan fingerprint density at radius 2 is 1.81 bits per heavy atom. The number of hydrogen-bond donors (Lipinski definition) is 1. The van der Waals surface area contributed by atoms with Crippen molar-refractivity contribution in [2.45, 2.75) is 18.7 Å². The van der Waals surface area contributed by atoms with Crippen LogP contribution in [0.5, 0.6) is 5.75 Å². The first kappa shape index (κ1) is 25.6. The fourth-order valence-electron chi connectivity index (χ4n) is 3.17. The van der Waals surface area contributed by atoms with E-state index in [0.717, 1.165) is 17.3 Å². The molecule has 1 amide bonds. The van der Waals surface area contributed by atoms with E-state index in [1.54, 1.807) is 37.3 Å². The third kappa shape index (κ3) is 5.83. The number of aliphatic imine (C=N–C) groups is 1. The quantitative estimate of drug-likeness (QED) is 0.171. The van der Waals surface area contributed by atoms with Gasteiger partial charge in [0.15, 0.2) is 10.9 Å². The molecule has 1 N–H and O–H groups in total. The molecule has 3 aromatic carbocycles. The zero-order valence-corrected chi connectivity index (χ0v) is 22.1. The zero-order valence-electron chi connectivity index (χ0n) is 18.9. The summed E-state index contributed by atoms with van der Waals surface area (Å²) in [5, 5.41) is 13.9. The summed E-state index contributed by atoms with van der Waals surface area (Å²) in [5.41, 5.74) is 2.63. The van der Waals surface area contributed by atoms with Crippen LogP contribution in [-0.4, -0.2) is 24.4 Å². The number of thioether (sulfide) groups is 1. The second-order valence-electron chi connectivity index (χ2n) is 7.75. The first-order chi connectivity index (χ1) is 17.0. The molecule has 0 saturated carbocycles. The first-order valence-corrected chi connectivity index (χ1v) is 13.4. The normalized spacial score (nSPS) is 15.8. The van der Waals surface area contributed by atoms with Crippen LogP contribution in [0, 0.1) is 24.0 Å². The standard InChI is InChI=1S/C24H18BrN3O6S2/c1-14-3-7-18(8-4-14)36(32,33)34-21-10-5-16(12-19(21)25)13-22-23(29)27-24(35-22)26-20-9-6-17(28(30)31)11-15(20)2/h3-13H,1-2H3,(H,26,27,29)/b22-13+. The number of carbonyl (C=O) groups excluding carboxylic acids is 1. The maximum absolute atomic E-state index is 12.6. The van der Waals surface area contributed by atoms with Gasteiger partial charge in [-0.1, -0.05) is 23.8 Å². The summed E-state index contributed by atoms with van der Waals surface area (Å²) in [6.07, 6.45) is 1.63. The molecule has 1 heterocycles. The monoisotopic (exact) mass is 587 g/mol. The Morgan fingerprint density at radius 1 is 1.08 bits per heavy atom. The van der Waals surface area contributed by atoms with Crippen molar-refractivity contribution in [2.75, 3.05) is 0 Å². The summed E-state index contributed by atoms with van der Waals surface area (Å²) in [6.45, 7) is 3.56. The van der Waals surface area contributed by atoms with Crippen molar-refractivity contribution >= 4 is 66.3 Å². The molecule has 0 unspecified atom stereocenters. The largest absolute Gasteiger partial charge is 0.378 e. The number of hydrogen-bond acceptors (Lipinski definition) is 8. The summed E-state index contributed by atoms with van der Waals surface area (Å²) in [5.74, 6) is -0.242. The summed E-state index contributed by atoms with van der Waals surface area (Å²) in [4.78, 5) is 27.7. The van der Waals surface area contributed by atoms with Gasteiger partial charge in [0, 0.05) is 12.1 Å². The Balaban J connectivity index is 1.52. The van der Waals surface area contributed by atoms with Gasteiger partial charge in [0.05, 0.1) is 20.0 Å². The van der Waals surface area contributed by atoms with Gasteiger partial charge in [-0.05, 0) is 89.1 Å². The number of benzene rings is 3. The third-order valence-electron chi connectivity index (χ3n) is 5.03. The fraction of sp³-hybridized carbons (Fsp3) is 0.0833. The van der Waals surface area contributed by atoms with E-state index in [2.05, 4.69) is 26.2 Å². The second-order valence-corrected chi connectivity index (χ2v) is 11.2. The fourth-order valence-corrected chi connectivity index (χ4v) is 5.53. The smallest absolute Gasteiger partial charge is 0.339 e. The average Bonchev–Trinajstić information content (AvgIpc) is 3.15. The number of nitrogens with one attached hydrogen (secondary N) is 1. The summed E-state index contributed by atoms with van der Waals surface area (Å²) < 4.78 is 30.8. The van der Waals surface area contributed by atoms with Crippen LogP contribution >= 0.6 is 27.7 Å². The Kier molecular flexibility index (Phi) is 7.29. The van der Waals surface area contributed by atoms with E-state index in [0.29, 0.717) is 31.4 Å². The lowest BCUT2D eigenvalue weighted by atomic mass is 10.2. The number of halogens is 1. The molecule has 184 valence electrons. The molecule has 0 spiro atoms. The van der Waals surface area contributed by atoms with Crippen molar-refractivity contribution in [1.29, 1.82) is 0 Å². The minimum Gasteiger partial charge on any atom is -0.378 e. The Labute approximate surface area is 219 Å². The van der Waals surface area contributed by atoms with E-state index < -0.39 is 15.0 Å². The number of nitro groups is 1. The number of nitrogens with zero attached hydrogens (tertiary/aromatic N) is 2. The van der Waals surface area contributed by atoms with Crippen LogP contribution in [0.4, 0.5) is 11.4 Å². The van der Waals surface area contributed by atoms with Crippen LogP contribution in [0.2, 0.25) is 0 Å². The van der Waals surface area contributed by atoms with Gasteiger partial charge >= 0.3 is 10.1 Å². The molecule has 4 rings (SSSR count). The summed E-state index contributed by atoms with van der Waals surface area (Å²) in [7, 11) is -4.01. The summed E-state index contributed by atoms with van der Waals surface area (Å²) >= 11 is 4.45. The number of amides is 1. The molecule has 0 aromatic heterocycles. The Morgan fingerprint density at radius 3 is 2.44 bits per heavy atom. The predicted octanol–water partition coefficient (Wildman–Crippen LogP) is 5.63. The van der Waals surface area contributed by atoms with Gasteiger partial charge < -0.3 is 9.50 Å². The maximum Gasteiger partial charge on any atom is 0.339 e. The van der Waals surface area contributed by atoms with Crippen LogP contribution in [0.1, 0.15) is 16.7 Å². The van der Waals surface area contributed by atoms with Gasteiger partial charge in [-0.15, -0.1) is 0 Å². The minimum atomic E-state index is -4.01. The molecule has 3 aromatic rings. The van der Waals surface area contributed by atoms with Crippen molar-refractivity contribution < 1.29 is 22.3 Å². The van der Waals surface area contributed by atoms with Gasteiger partial charge in [-0.2, -0.15) is 8.42 Å². The lowest BCUT2D eigenvalue weighted by Gasteiger charge is -2.09. The number of amidine groups is 1. The molecule has 1 aliphatic rings. The molecule has 12 heteroatoms. The van der Waals surface area contributed by atoms with E-state index in [4.69, 9.17) is 4.18 Å². The van der Waals surface area contributed by atoms with Crippen LogP contribution in [-0.2, 0) is 14.9 Å². The molecule has 0 radical (unpaired) electrons. The molecule has 0 aliphatic carbocycles. The van der Waals surface area contributed by atoms with Gasteiger partial charge in [0.2, 0.25) is 0 Å². The molecule has 1 saturated heterocycles. The second kappa shape index (κ2) is 10.2. The highest BCUT2D eigenvalue weighted by atomic mass is 79.9. The maximum atomic E-state index is 12.6. The highest BCUT2D eigenvalue weighted by molar-refractivity contribution is 9.10. The van der Waals surface area contributed by atoms with E-state index in [-0.39, 0.29) is 22.2 Å². The van der Waals surface area contributed by atoms with Crippen LogP contribution in [0.15, 0.2) is 79.9 Å². The Bertz CT molecular complexity index is 1550. The van der Waals surface area contributed by atoms with Crippen molar-refractivity contribution in [3.63, 3.8) is 0 Å². The van der Waals surface area contributed by atoms with Gasteiger partial charge in [0.1, 0.15) is 4.90 Å². The van der Waals surface area contributed by atoms with Gasteiger partial charge in [-0.3, -0.25) is 14.9 Å². The van der Waals surface area contributed by atoms with E-state index in [9.17, 15) is 23.3 Å². The van der Waals surface area contributed by atoms with Crippen molar-refractivity contribution in [3.8, 4) is 5.75 Å². The lowest BCUT2D eigenvalue weighted by Crippen LogP contribution is -2.19. The first-order valence-electron chi connectivity index (χ1n) is 10.4. The van der Waals surface area contributed by atoms with Crippen LogP contribution in [0.3, 0.4) is 0 Å². The van der Waals surface area contributed by atoms with Gasteiger partial charge in [-0.25, -0.2) is 4.99 Å². The molecule has 0 atom stereocenters. The van der Waals surface area contributed by atoms with Crippen LogP contribution in [0.25, 0.3) is 6.08 Å². The number of aryl methyl sites for hydroxylation is 2. The van der Waals surface area contributed by atoms with E-state index in [1.807, 2.05) is 6.92 Å². The topological polar surface area (TPSA) is 128 Å². The van der Waals surface area contributed by atoms with E-state index in [1.165, 1.54) is 36.4 Å². The molecular weight excluding hydrogens is 570 g/mol. The Hall–Kier alpha value is -3.48. The molecule has 1 aliphatic heterocycles. The minimum absolute atomic E-state index is 0.0372. The SMILES string of the molecule is Cc1ccc(S(=O)(=O)Oc2ccc(/C=C3/SC(=Nc4ccc([N+](=O)[O-])cc4C)NC3=O)cc2Br)cc1. The van der Waals surface area contributed by atoms with Gasteiger partial charge in [0.25, 0.3) is 11.6 Å². The zero-order chi connectivity index (χ0) is 26.0. The lowest BCUT2D eigenvalue weighted by molar-refractivity contribution is -0.384. The number of carbonyl (C=O) groups is 1. The highest BCUT2D eigenvalue weighted by Crippen LogP contribution is 2.33. The molecule has 9 nitrogen and oxygen atoms in total. The number of rotatable bonds is 6. The molecular formula is C24H18BrN3O6S2. The highest BCUT2D eigenvalue weighted by Gasteiger charge is 2.24. The van der Waals surface area contributed by atoms with Crippen molar-refractivity contribution in [1.82, 2.24) is 5.32 Å². The van der Waals surface area contributed by atoms with Crippen LogP contribution < -0.4 is 9.50 Å².